The number of ether oxygens (including phenoxy) is 2. The van der Waals surface area contributed by atoms with Crippen LogP contribution < -0.4 is 9.47 Å². The molecule has 0 fully saturated rings. The van der Waals surface area contributed by atoms with Gasteiger partial charge in [0.1, 0.15) is 11.5 Å². The molecular weight excluding hydrogens is 336 g/mol. The van der Waals surface area contributed by atoms with Gasteiger partial charge >= 0.3 is 0 Å². The van der Waals surface area contributed by atoms with Gasteiger partial charge in [0.25, 0.3) is 0 Å². The second-order valence-electron chi connectivity index (χ2n) is 6.73. The predicted octanol–water partition coefficient (Wildman–Crippen LogP) is 5.19. The zero-order chi connectivity index (χ0) is 19.4. The van der Waals surface area contributed by atoms with Gasteiger partial charge < -0.3 is 14.6 Å². The Balaban J connectivity index is 2.34. The Morgan fingerprint density at radius 2 is 1.26 bits per heavy atom. The maximum Gasteiger partial charge on any atom is 0.138 e. The van der Waals surface area contributed by atoms with Crippen LogP contribution in [0, 0.1) is 13.8 Å². The van der Waals surface area contributed by atoms with Crippen molar-refractivity contribution in [2.75, 3.05) is 20.8 Å². The average molecular weight is 362 g/mol. The van der Waals surface area contributed by atoms with Crippen LogP contribution in [0.4, 0.5) is 0 Å². The fraction of sp³-hybridized carbons (Fsp3) is 0.250. The van der Waals surface area contributed by atoms with Crippen LogP contribution in [0.1, 0.15) is 16.7 Å². The summed E-state index contributed by atoms with van der Waals surface area (Å²) in [4.78, 5) is 0. The van der Waals surface area contributed by atoms with E-state index in [1.807, 2.05) is 0 Å². The Labute approximate surface area is 161 Å². The molecule has 3 aromatic rings. The van der Waals surface area contributed by atoms with E-state index in [9.17, 15) is 5.11 Å². The maximum absolute atomic E-state index is 9.58. The van der Waals surface area contributed by atoms with Gasteiger partial charge in [-0.2, -0.15) is 0 Å². The molecule has 0 amide bonds. The van der Waals surface area contributed by atoms with Crippen molar-refractivity contribution >= 4 is 0 Å². The van der Waals surface area contributed by atoms with Crippen molar-refractivity contribution in [2.24, 2.45) is 0 Å². The summed E-state index contributed by atoms with van der Waals surface area (Å²) in [6.45, 7) is 4.20. The molecule has 0 bridgehead atoms. The predicted molar refractivity (Wildman–Crippen MR) is 111 cm³/mol. The monoisotopic (exact) mass is 362 g/mol. The molecule has 0 aromatic heterocycles. The second-order valence-corrected chi connectivity index (χ2v) is 6.73. The van der Waals surface area contributed by atoms with Crippen LogP contribution >= 0.6 is 0 Å². The molecule has 0 saturated carbocycles. The van der Waals surface area contributed by atoms with E-state index in [0.29, 0.717) is 6.42 Å². The number of aliphatic hydroxyl groups excluding tert-OH is 1. The largest absolute Gasteiger partial charge is 0.496 e. The van der Waals surface area contributed by atoms with Crippen molar-refractivity contribution < 1.29 is 14.6 Å². The first-order valence-electron chi connectivity index (χ1n) is 9.11. The van der Waals surface area contributed by atoms with Gasteiger partial charge in [-0.1, -0.05) is 59.7 Å². The lowest BCUT2D eigenvalue weighted by Crippen LogP contribution is -2.02. The van der Waals surface area contributed by atoms with E-state index < -0.39 is 0 Å². The van der Waals surface area contributed by atoms with E-state index in [0.717, 1.165) is 39.3 Å². The fourth-order valence-corrected chi connectivity index (χ4v) is 3.38. The minimum absolute atomic E-state index is 0.0589. The van der Waals surface area contributed by atoms with Crippen LogP contribution in [0.5, 0.6) is 11.5 Å². The molecule has 0 spiro atoms. The highest BCUT2D eigenvalue weighted by Crippen LogP contribution is 2.47. The third kappa shape index (κ3) is 3.83. The van der Waals surface area contributed by atoms with E-state index in [1.54, 1.807) is 14.2 Å². The highest BCUT2D eigenvalue weighted by molar-refractivity contribution is 5.88. The number of rotatable bonds is 6. The van der Waals surface area contributed by atoms with Crippen molar-refractivity contribution in [3.05, 3.63) is 71.3 Å². The molecule has 0 unspecified atom stereocenters. The zero-order valence-corrected chi connectivity index (χ0v) is 16.4. The standard InChI is InChI=1S/C24H26O3/c1-16-5-9-18(10-6-16)21-15-20(13-14-25)23(26-3)22(24(21)27-4)19-11-7-17(2)8-12-19/h5-12,15,25H,13-14H2,1-4H3. The molecule has 3 heteroatoms. The highest BCUT2D eigenvalue weighted by atomic mass is 16.5. The summed E-state index contributed by atoms with van der Waals surface area (Å²) in [5, 5.41) is 9.58. The van der Waals surface area contributed by atoms with Gasteiger partial charge in [0.2, 0.25) is 0 Å². The number of methoxy groups -OCH3 is 2. The molecule has 0 heterocycles. The summed E-state index contributed by atoms with van der Waals surface area (Å²) in [6, 6.07) is 18.8. The van der Waals surface area contributed by atoms with Crippen molar-refractivity contribution in [3.8, 4) is 33.8 Å². The number of aryl methyl sites for hydroxylation is 2. The lowest BCUT2D eigenvalue weighted by atomic mass is 9.91. The van der Waals surface area contributed by atoms with E-state index in [1.165, 1.54) is 11.1 Å². The summed E-state index contributed by atoms with van der Waals surface area (Å²) in [7, 11) is 3.36. The Kier molecular flexibility index (Phi) is 5.82. The third-order valence-corrected chi connectivity index (χ3v) is 4.80. The molecule has 3 rings (SSSR count). The van der Waals surface area contributed by atoms with E-state index in [4.69, 9.17) is 9.47 Å². The molecule has 1 N–H and O–H groups in total. The van der Waals surface area contributed by atoms with Crippen LogP contribution in [0.3, 0.4) is 0 Å². The van der Waals surface area contributed by atoms with Crippen molar-refractivity contribution in [1.82, 2.24) is 0 Å². The normalized spacial score (nSPS) is 10.7. The summed E-state index contributed by atoms with van der Waals surface area (Å²) in [5.41, 5.74) is 7.39. The van der Waals surface area contributed by atoms with Crippen LogP contribution in [0.25, 0.3) is 22.3 Å². The SMILES string of the molecule is COc1c(CCO)cc(-c2ccc(C)cc2)c(OC)c1-c1ccc(C)cc1. The molecule has 3 nitrogen and oxygen atoms in total. The lowest BCUT2D eigenvalue weighted by molar-refractivity contribution is 0.296. The fourth-order valence-electron chi connectivity index (χ4n) is 3.38. The molecule has 0 aliphatic carbocycles. The maximum atomic E-state index is 9.58. The topological polar surface area (TPSA) is 38.7 Å². The minimum atomic E-state index is 0.0589. The van der Waals surface area contributed by atoms with Crippen LogP contribution in [0.2, 0.25) is 0 Å². The van der Waals surface area contributed by atoms with Gasteiger partial charge in [0.15, 0.2) is 0 Å². The third-order valence-electron chi connectivity index (χ3n) is 4.80. The Morgan fingerprint density at radius 3 is 1.74 bits per heavy atom. The molecule has 0 atom stereocenters. The molecule has 3 aromatic carbocycles. The summed E-state index contributed by atoms with van der Waals surface area (Å²) in [6.07, 6.45) is 0.519. The van der Waals surface area contributed by atoms with Crippen molar-refractivity contribution in [1.29, 1.82) is 0 Å². The number of hydrogen-bond acceptors (Lipinski definition) is 3. The Morgan fingerprint density at radius 1 is 0.741 bits per heavy atom. The molecule has 0 aliphatic heterocycles. The molecule has 0 aliphatic rings. The van der Waals surface area contributed by atoms with E-state index in [2.05, 4.69) is 68.4 Å². The van der Waals surface area contributed by atoms with Gasteiger partial charge in [0, 0.05) is 12.2 Å². The van der Waals surface area contributed by atoms with Crippen LogP contribution in [0.15, 0.2) is 54.6 Å². The highest BCUT2D eigenvalue weighted by Gasteiger charge is 2.22. The summed E-state index contributed by atoms with van der Waals surface area (Å²) in [5.74, 6) is 1.53. The van der Waals surface area contributed by atoms with Gasteiger partial charge in [-0.05, 0) is 43.0 Å². The summed E-state index contributed by atoms with van der Waals surface area (Å²) >= 11 is 0. The molecule has 0 saturated heterocycles. The van der Waals surface area contributed by atoms with Gasteiger partial charge in [0.05, 0.1) is 19.8 Å². The lowest BCUT2D eigenvalue weighted by Gasteiger charge is -2.21. The second kappa shape index (κ2) is 8.28. The quantitative estimate of drug-likeness (QED) is 0.656. The van der Waals surface area contributed by atoms with Gasteiger partial charge in [-0.3, -0.25) is 0 Å². The summed E-state index contributed by atoms with van der Waals surface area (Å²) < 4.78 is 11.7. The van der Waals surface area contributed by atoms with Crippen LogP contribution in [-0.2, 0) is 6.42 Å². The van der Waals surface area contributed by atoms with E-state index >= 15 is 0 Å². The molecule has 0 radical (unpaired) electrons. The zero-order valence-electron chi connectivity index (χ0n) is 16.4. The van der Waals surface area contributed by atoms with E-state index in [-0.39, 0.29) is 6.61 Å². The first-order valence-corrected chi connectivity index (χ1v) is 9.11. The number of benzene rings is 3. The molecule has 27 heavy (non-hydrogen) atoms. The minimum Gasteiger partial charge on any atom is -0.496 e. The number of aliphatic hydroxyl groups is 1. The average Bonchev–Trinajstić information content (AvgIpc) is 2.68. The van der Waals surface area contributed by atoms with Crippen molar-refractivity contribution in [3.63, 3.8) is 0 Å². The van der Waals surface area contributed by atoms with Crippen molar-refractivity contribution in [2.45, 2.75) is 20.3 Å². The van der Waals surface area contributed by atoms with Gasteiger partial charge in [-0.15, -0.1) is 0 Å². The van der Waals surface area contributed by atoms with Gasteiger partial charge in [-0.25, -0.2) is 0 Å². The Hall–Kier alpha value is -2.78. The number of hydrogen-bond donors (Lipinski definition) is 1. The molecular formula is C24H26O3. The van der Waals surface area contributed by atoms with Crippen LogP contribution in [-0.4, -0.2) is 25.9 Å². The first kappa shape index (κ1) is 19.0. The smallest absolute Gasteiger partial charge is 0.138 e. The Bertz CT molecular complexity index is 910. The molecule has 140 valence electrons. The first-order chi connectivity index (χ1) is 13.1.